The molecule has 10 heteroatoms. The molecule has 0 unspecified atom stereocenters. The summed E-state index contributed by atoms with van der Waals surface area (Å²) in [5.41, 5.74) is 1.80. The van der Waals surface area contributed by atoms with E-state index in [0.29, 0.717) is 39.5 Å². The van der Waals surface area contributed by atoms with Gasteiger partial charge in [-0.1, -0.05) is 71.3 Å². The molecule has 0 saturated carbocycles. The van der Waals surface area contributed by atoms with Crippen LogP contribution in [0, 0.1) is 23.5 Å². The van der Waals surface area contributed by atoms with Crippen molar-refractivity contribution in [2.75, 3.05) is 24.6 Å². The van der Waals surface area contributed by atoms with Crippen molar-refractivity contribution >= 4 is 29.3 Å². The lowest BCUT2D eigenvalue weighted by Gasteiger charge is -2.33. The second-order valence-electron chi connectivity index (χ2n) is 11.4. The first kappa shape index (κ1) is 37.3. The zero-order valence-electron chi connectivity index (χ0n) is 27.4. The lowest BCUT2D eigenvalue weighted by atomic mass is 9.94. The van der Waals surface area contributed by atoms with E-state index in [0.717, 1.165) is 51.1 Å². The Hall–Kier alpha value is -3.92. The highest BCUT2D eigenvalue weighted by molar-refractivity contribution is 5.99. The number of amides is 1. The van der Waals surface area contributed by atoms with Crippen LogP contribution in [0.5, 0.6) is 0 Å². The average Bonchev–Trinajstić information content (AvgIpc) is 3.04. The molecule has 4 rings (SSSR count). The number of hydrogen-bond donors (Lipinski definition) is 2. The predicted octanol–water partition coefficient (Wildman–Crippen LogP) is 7.79. The molecule has 0 bridgehead atoms. The van der Waals surface area contributed by atoms with Crippen LogP contribution in [-0.4, -0.2) is 47.4 Å². The van der Waals surface area contributed by atoms with Crippen molar-refractivity contribution in [3.63, 3.8) is 0 Å². The zero-order chi connectivity index (χ0) is 33.4. The number of rotatable bonds is 11. The standard InChI is InChI=1S/C24H26F2N4O2.C6H11NO.C5H12/c1-2-15-5-7-30(8-6-15)24-20-11-18(25)10-19(23(20)28-14-29-24)16-3-4-17(21(26)9-16)12-27-22(32)13-31;1-4-5-6(2)8-7-3;1-4-5(2)3/h3-4,9-11,14-15,31H,2,5-8,12-13H2,1H3,(H,27,32);2-5H2,1H3;5H,4H2,1-3H3. The second-order valence-corrected chi connectivity index (χ2v) is 11.4. The van der Waals surface area contributed by atoms with Crippen molar-refractivity contribution in [2.45, 2.75) is 79.7 Å². The molecule has 1 fully saturated rings. The third kappa shape index (κ3) is 11.8. The fourth-order valence-corrected chi connectivity index (χ4v) is 4.67. The number of carbonyl (C=O) groups excluding carboxylic acids is 1. The highest BCUT2D eigenvalue weighted by Gasteiger charge is 2.22. The van der Waals surface area contributed by atoms with Gasteiger partial charge in [-0.05, 0) is 54.9 Å². The van der Waals surface area contributed by atoms with Gasteiger partial charge in [-0.2, -0.15) is 0 Å². The molecule has 3 aromatic rings. The summed E-state index contributed by atoms with van der Waals surface area (Å²) in [6.07, 6.45) is 7.98. The smallest absolute Gasteiger partial charge is 0.245 e. The number of carbonyl (C=O) groups is 1. The van der Waals surface area contributed by atoms with Gasteiger partial charge in [-0.3, -0.25) is 4.79 Å². The van der Waals surface area contributed by atoms with Crippen LogP contribution in [0.3, 0.4) is 0 Å². The number of nitrogens with zero attached hydrogens (tertiary/aromatic N) is 4. The van der Waals surface area contributed by atoms with Crippen LogP contribution in [0.25, 0.3) is 22.0 Å². The fourth-order valence-electron chi connectivity index (χ4n) is 4.67. The van der Waals surface area contributed by atoms with Gasteiger partial charge in [0.2, 0.25) is 5.91 Å². The molecule has 1 aliphatic heterocycles. The number of aromatic nitrogens is 2. The molecule has 1 amide bonds. The Morgan fingerprint density at radius 3 is 2.40 bits per heavy atom. The molecule has 2 aromatic carbocycles. The van der Waals surface area contributed by atoms with E-state index in [2.05, 4.69) is 78.1 Å². The lowest BCUT2D eigenvalue weighted by molar-refractivity contribution is -0.123. The molecular weight excluding hydrogens is 576 g/mol. The van der Waals surface area contributed by atoms with Gasteiger partial charge >= 0.3 is 0 Å². The van der Waals surface area contributed by atoms with Crippen molar-refractivity contribution in [3.8, 4) is 11.1 Å². The monoisotopic (exact) mass is 625 g/mol. The van der Waals surface area contributed by atoms with Gasteiger partial charge in [0, 0.05) is 49.3 Å². The minimum atomic E-state index is -0.660. The highest BCUT2D eigenvalue weighted by atomic mass is 19.1. The van der Waals surface area contributed by atoms with E-state index < -0.39 is 24.1 Å². The highest BCUT2D eigenvalue weighted by Crippen LogP contribution is 2.35. The predicted molar refractivity (Wildman–Crippen MR) is 179 cm³/mol. The molecule has 0 atom stereocenters. The number of hydrogen-bond acceptors (Lipinski definition) is 7. The Labute approximate surface area is 266 Å². The summed E-state index contributed by atoms with van der Waals surface area (Å²) in [5.74, 6) is 1.42. The van der Waals surface area contributed by atoms with Gasteiger partial charge in [-0.25, -0.2) is 18.7 Å². The normalized spacial score (nSPS) is 13.0. The minimum absolute atomic E-state index is 0.0462. The van der Waals surface area contributed by atoms with Crippen molar-refractivity contribution in [1.82, 2.24) is 15.3 Å². The first-order valence-electron chi connectivity index (χ1n) is 15.7. The number of oxime groups is 1. The summed E-state index contributed by atoms with van der Waals surface area (Å²) in [7, 11) is 0. The van der Waals surface area contributed by atoms with Crippen molar-refractivity contribution in [2.24, 2.45) is 17.0 Å². The van der Waals surface area contributed by atoms with Gasteiger partial charge in [0.25, 0.3) is 0 Å². The number of nitrogens with one attached hydrogen (secondary N) is 1. The molecule has 45 heavy (non-hydrogen) atoms. The molecule has 0 aliphatic carbocycles. The molecule has 1 saturated heterocycles. The number of aliphatic hydroxyl groups is 1. The molecule has 2 heterocycles. The second kappa shape index (κ2) is 19.5. The molecular formula is C35H49F2N5O3. The van der Waals surface area contributed by atoms with Crippen molar-refractivity contribution < 1.29 is 23.5 Å². The number of benzene rings is 2. The first-order valence-corrected chi connectivity index (χ1v) is 15.7. The minimum Gasteiger partial charge on any atom is -0.387 e. The number of anilines is 1. The maximum Gasteiger partial charge on any atom is 0.245 e. The van der Waals surface area contributed by atoms with Gasteiger partial charge in [0.1, 0.15) is 36.1 Å². The average molecular weight is 626 g/mol. The van der Waals surface area contributed by atoms with E-state index in [1.807, 2.05) is 0 Å². The Morgan fingerprint density at radius 1 is 1.16 bits per heavy atom. The summed E-state index contributed by atoms with van der Waals surface area (Å²) in [6.45, 7) is 18.6. The number of piperidine rings is 1. The first-order chi connectivity index (χ1) is 21.6. The molecule has 0 radical (unpaired) electrons. The summed E-state index contributed by atoms with van der Waals surface area (Å²) in [5, 5.41) is 15.0. The number of halogens is 2. The van der Waals surface area contributed by atoms with Crippen LogP contribution in [0.4, 0.5) is 14.6 Å². The van der Waals surface area contributed by atoms with E-state index in [1.165, 1.54) is 37.0 Å². The van der Waals surface area contributed by atoms with Crippen LogP contribution in [-0.2, 0) is 16.2 Å². The van der Waals surface area contributed by atoms with Gasteiger partial charge in [-0.15, -0.1) is 0 Å². The third-order valence-electron chi connectivity index (χ3n) is 7.70. The Balaban J connectivity index is 0.000000457. The van der Waals surface area contributed by atoms with Crippen molar-refractivity contribution in [1.29, 1.82) is 0 Å². The van der Waals surface area contributed by atoms with Gasteiger partial charge < -0.3 is 20.2 Å². The van der Waals surface area contributed by atoms with E-state index in [9.17, 15) is 13.6 Å². The van der Waals surface area contributed by atoms with Crippen LogP contribution >= 0.6 is 0 Å². The molecule has 2 N–H and O–H groups in total. The van der Waals surface area contributed by atoms with Gasteiger partial charge in [0.15, 0.2) is 0 Å². The van der Waals surface area contributed by atoms with E-state index >= 15 is 0 Å². The SMILES string of the molecule is C=NOC(=C)CCC.CCC(C)C.CCC1CCN(c2ncnc3c(-c4ccc(CNC(=O)CO)c(F)c4)cc(F)cc23)CC1. The maximum absolute atomic E-state index is 14.7. The number of fused-ring (bicyclic) bond motifs is 1. The molecule has 1 aromatic heterocycles. The number of allylic oxidation sites excluding steroid dienone is 1. The molecule has 0 spiro atoms. The third-order valence-corrected chi connectivity index (χ3v) is 7.70. The number of aliphatic hydroxyl groups excluding tert-OH is 1. The van der Waals surface area contributed by atoms with Crippen molar-refractivity contribution in [3.05, 3.63) is 66.2 Å². The summed E-state index contributed by atoms with van der Waals surface area (Å²) in [6, 6.07) is 7.31. The van der Waals surface area contributed by atoms with Crippen LogP contribution in [0.1, 0.15) is 78.7 Å². The molecule has 8 nitrogen and oxygen atoms in total. The van der Waals surface area contributed by atoms with Crippen LogP contribution in [0.2, 0.25) is 0 Å². The summed E-state index contributed by atoms with van der Waals surface area (Å²) in [4.78, 5) is 26.8. The molecule has 1 aliphatic rings. The fraction of sp³-hybridized carbons (Fsp3) is 0.486. The Morgan fingerprint density at radius 2 is 1.84 bits per heavy atom. The van der Waals surface area contributed by atoms with E-state index in [4.69, 9.17) is 5.11 Å². The topological polar surface area (TPSA) is 99.9 Å². The Kier molecular flexibility index (Phi) is 16.1. The quantitative estimate of drug-likeness (QED) is 0.128. The summed E-state index contributed by atoms with van der Waals surface area (Å²) < 4.78 is 29.3. The lowest BCUT2D eigenvalue weighted by Crippen LogP contribution is -2.34. The largest absolute Gasteiger partial charge is 0.387 e. The molecule has 246 valence electrons. The zero-order valence-corrected chi connectivity index (χ0v) is 27.4. The van der Waals surface area contributed by atoms with E-state index in [1.54, 1.807) is 6.07 Å². The van der Waals surface area contributed by atoms with E-state index in [-0.39, 0.29) is 12.1 Å². The Bertz CT molecular complexity index is 1390. The van der Waals surface area contributed by atoms with Crippen LogP contribution < -0.4 is 10.2 Å². The van der Waals surface area contributed by atoms with Crippen LogP contribution in [0.15, 0.2) is 54.2 Å². The maximum atomic E-state index is 14.7. The van der Waals surface area contributed by atoms with Gasteiger partial charge in [0.05, 0.1) is 5.52 Å². The summed E-state index contributed by atoms with van der Waals surface area (Å²) >= 11 is 0.